The van der Waals surface area contributed by atoms with Gasteiger partial charge >= 0.3 is 0 Å². The maximum atomic E-state index is 4.05. The van der Waals surface area contributed by atoms with Crippen LogP contribution in [0.3, 0.4) is 0 Å². The Labute approximate surface area is 58.8 Å². The molecule has 1 aromatic rings. The van der Waals surface area contributed by atoms with E-state index in [-0.39, 0.29) is 6.04 Å². The minimum atomic E-state index is 0.198. The molecule has 3 heteroatoms. The second-order valence-corrected chi connectivity index (χ2v) is 2.31. The van der Waals surface area contributed by atoms with Gasteiger partial charge in [-0.1, -0.05) is 6.07 Å². The van der Waals surface area contributed by atoms with E-state index in [1.807, 2.05) is 19.1 Å². The molecule has 0 N–H and O–H groups in total. The Balaban J connectivity index is 2.59. The van der Waals surface area contributed by atoms with Gasteiger partial charge in [0.25, 0.3) is 0 Å². The van der Waals surface area contributed by atoms with Crippen molar-refractivity contribution < 1.29 is 0 Å². The molecule has 10 heavy (non-hydrogen) atoms. The molecule has 1 atom stereocenters. The third kappa shape index (κ3) is 0.635. The molecule has 0 unspecified atom stereocenters. The van der Waals surface area contributed by atoms with Crippen LogP contribution in [0.4, 0.5) is 5.82 Å². The largest absolute Gasteiger partial charge is 0.235 e. The van der Waals surface area contributed by atoms with Crippen molar-refractivity contribution in [2.75, 3.05) is 0 Å². The maximum Gasteiger partial charge on any atom is 0.179 e. The van der Waals surface area contributed by atoms with Crippen LogP contribution < -0.4 is 0 Å². The van der Waals surface area contributed by atoms with Gasteiger partial charge in [0.15, 0.2) is 5.82 Å². The van der Waals surface area contributed by atoms with E-state index in [9.17, 15) is 0 Å². The summed E-state index contributed by atoms with van der Waals surface area (Å²) < 4.78 is 0. The van der Waals surface area contributed by atoms with E-state index >= 15 is 0 Å². The van der Waals surface area contributed by atoms with E-state index in [1.54, 1.807) is 6.20 Å². The van der Waals surface area contributed by atoms with Crippen molar-refractivity contribution in [3.63, 3.8) is 0 Å². The maximum absolute atomic E-state index is 4.05. The summed E-state index contributed by atoms with van der Waals surface area (Å²) in [5, 5.41) is 7.86. The molecule has 0 amide bonds. The molecular formula is C7H7N3. The van der Waals surface area contributed by atoms with Crippen molar-refractivity contribution in [3.05, 3.63) is 23.9 Å². The summed E-state index contributed by atoms with van der Waals surface area (Å²) in [6.45, 7) is 2.01. The van der Waals surface area contributed by atoms with Crippen molar-refractivity contribution in [3.8, 4) is 0 Å². The molecule has 1 aliphatic rings. The Morgan fingerprint density at radius 3 is 3.20 bits per heavy atom. The van der Waals surface area contributed by atoms with Crippen molar-refractivity contribution in [1.29, 1.82) is 0 Å². The van der Waals surface area contributed by atoms with Crippen molar-refractivity contribution in [1.82, 2.24) is 4.98 Å². The van der Waals surface area contributed by atoms with Gasteiger partial charge in [0.05, 0.1) is 6.04 Å². The Bertz CT molecular complexity index is 280. The van der Waals surface area contributed by atoms with Crippen LogP contribution in [-0.4, -0.2) is 4.98 Å². The standard InChI is InChI=1S/C7H7N3/c1-5-6-3-2-4-8-7(6)10-9-5/h2-5H,1H3/t5-/m0/s1. The quantitative estimate of drug-likeness (QED) is 0.534. The van der Waals surface area contributed by atoms with Crippen molar-refractivity contribution >= 4 is 5.82 Å². The number of pyridine rings is 1. The molecule has 0 aromatic carbocycles. The van der Waals surface area contributed by atoms with Gasteiger partial charge in [-0.3, -0.25) is 0 Å². The highest BCUT2D eigenvalue weighted by molar-refractivity contribution is 5.41. The topological polar surface area (TPSA) is 37.6 Å². The lowest BCUT2D eigenvalue weighted by Crippen LogP contribution is -1.83. The zero-order valence-electron chi connectivity index (χ0n) is 5.65. The van der Waals surface area contributed by atoms with E-state index < -0.39 is 0 Å². The molecule has 2 rings (SSSR count). The fourth-order valence-electron chi connectivity index (χ4n) is 1.02. The first-order valence-electron chi connectivity index (χ1n) is 3.23. The lowest BCUT2D eigenvalue weighted by Gasteiger charge is -1.96. The molecule has 0 radical (unpaired) electrons. The van der Waals surface area contributed by atoms with Gasteiger partial charge in [0.2, 0.25) is 0 Å². The van der Waals surface area contributed by atoms with Crippen LogP contribution in [0, 0.1) is 0 Å². The van der Waals surface area contributed by atoms with Crippen LogP contribution in [-0.2, 0) is 0 Å². The van der Waals surface area contributed by atoms with Gasteiger partial charge in [-0.05, 0) is 13.0 Å². The fourth-order valence-corrected chi connectivity index (χ4v) is 1.02. The average Bonchev–Trinajstić information content (AvgIpc) is 2.34. The van der Waals surface area contributed by atoms with Crippen LogP contribution in [0.2, 0.25) is 0 Å². The van der Waals surface area contributed by atoms with Gasteiger partial charge in [-0.25, -0.2) is 4.98 Å². The lowest BCUT2D eigenvalue weighted by molar-refractivity contribution is 0.811. The number of hydrogen-bond acceptors (Lipinski definition) is 3. The van der Waals surface area contributed by atoms with Gasteiger partial charge in [-0.2, -0.15) is 5.11 Å². The second kappa shape index (κ2) is 1.87. The van der Waals surface area contributed by atoms with Crippen LogP contribution >= 0.6 is 0 Å². The smallest absolute Gasteiger partial charge is 0.179 e. The van der Waals surface area contributed by atoms with Gasteiger partial charge in [0.1, 0.15) is 0 Å². The third-order valence-electron chi connectivity index (χ3n) is 1.59. The normalized spacial score (nSPS) is 21.1. The first kappa shape index (κ1) is 5.53. The van der Waals surface area contributed by atoms with E-state index in [0.717, 1.165) is 11.4 Å². The number of hydrogen-bond donors (Lipinski definition) is 0. The van der Waals surface area contributed by atoms with E-state index in [2.05, 4.69) is 15.2 Å². The highest BCUT2D eigenvalue weighted by Crippen LogP contribution is 2.32. The lowest BCUT2D eigenvalue weighted by atomic mass is 10.1. The van der Waals surface area contributed by atoms with E-state index in [1.165, 1.54) is 0 Å². The zero-order valence-corrected chi connectivity index (χ0v) is 5.65. The highest BCUT2D eigenvalue weighted by Gasteiger charge is 2.15. The third-order valence-corrected chi connectivity index (χ3v) is 1.59. The fraction of sp³-hybridized carbons (Fsp3) is 0.286. The minimum absolute atomic E-state index is 0.198. The Hall–Kier alpha value is -1.25. The van der Waals surface area contributed by atoms with Crippen LogP contribution in [0.1, 0.15) is 18.5 Å². The summed E-state index contributed by atoms with van der Waals surface area (Å²) in [5.41, 5.74) is 1.13. The summed E-state index contributed by atoms with van der Waals surface area (Å²) in [7, 11) is 0. The SMILES string of the molecule is C[C@@H]1N=Nc2ncccc21. The summed E-state index contributed by atoms with van der Waals surface area (Å²) in [5.74, 6) is 0.773. The second-order valence-electron chi connectivity index (χ2n) is 2.31. The van der Waals surface area contributed by atoms with E-state index in [0.29, 0.717) is 0 Å². The Kier molecular flexibility index (Phi) is 1.03. The molecule has 0 fully saturated rings. The summed E-state index contributed by atoms with van der Waals surface area (Å²) in [6.07, 6.45) is 1.73. The van der Waals surface area contributed by atoms with Crippen molar-refractivity contribution in [2.24, 2.45) is 10.2 Å². The first-order valence-corrected chi connectivity index (χ1v) is 3.23. The molecule has 0 bridgehead atoms. The molecule has 2 heterocycles. The van der Waals surface area contributed by atoms with E-state index in [4.69, 9.17) is 0 Å². The van der Waals surface area contributed by atoms with Gasteiger partial charge in [-0.15, -0.1) is 5.11 Å². The Morgan fingerprint density at radius 1 is 1.50 bits per heavy atom. The predicted octanol–water partition coefficient (Wildman–Crippen LogP) is 2.24. The molecule has 0 aliphatic carbocycles. The number of fused-ring (bicyclic) bond motifs is 1. The molecule has 1 aromatic heterocycles. The molecule has 0 saturated carbocycles. The molecular weight excluding hydrogens is 126 g/mol. The number of azo groups is 1. The molecule has 3 nitrogen and oxygen atoms in total. The molecule has 1 aliphatic heterocycles. The van der Waals surface area contributed by atoms with Crippen molar-refractivity contribution in [2.45, 2.75) is 13.0 Å². The number of rotatable bonds is 0. The molecule has 50 valence electrons. The molecule has 0 saturated heterocycles. The van der Waals surface area contributed by atoms with Crippen LogP contribution in [0.15, 0.2) is 28.6 Å². The summed E-state index contributed by atoms with van der Waals surface area (Å²) >= 11 is 0. The van der Waals surface area contributed by atoms with Gasteiger partial charge < -0.3 is 0 Å². The number of nitrogens with zero attached hydrogens (tertiary/aromatic N) is 3. The highest BCUT2D eigenvalue weighted by atomic mass is 15.2. The molecule has 0 spiro atoms. The zero-order chi connectivity index (χ0) is 6.97. The monoisotopic (exact) mass is 133 g/mol. The van der Waals surface area contributed by atoms with Gasteiger partial charge in [0, 0.05) is 11.8 Å². The van der Waals surface area contributed by atoms with Crippen LogP contribution in [0.25, 0.3) is 0 Å². The van der Waals surface area contributed by atoms with Crippen LogP contribution in [0.5, 0.6) is 0 Å². The Morgan fingerprint density at radius 2 is 2.40 bits per heavy atom. The predicted molar refractivity (Wildman–Crippen MR) is 37.2 cm³/mol. The average molecular weight is 133 g/mol. The minimum Gasteiger partial charge on any atom is -0.235 e. The summed E-state index contributed by atoms with van der Waals surface area (Å²) in [4.78, 5) is 4.05. The number of aromatic nitrogens is 1. The first-order chi connectivity index (χ1) is 4.88. The summed E-state index contributed by atoms with van der Waals surface area (Å²) in [6, 6.07) is 4.11.